The van der Waals surface area contributed by atoms with Crippen LogP contribution in [0.4, 0.5) is 13.2 Å². The molecule has 18 heavy (non-hydrogen) atoms. The summed E-state index contributed by atoms with van der Waals surface area (Å²) in [6.45, 7) is 1.96. The van der Waals surface area contributed by atoms with Crippen LogP contribution in [0.1, 0.15) is 31.7 Å². The molecule has 0 aliphatic rings. The minimum Gasteiger partial charge on any atom is -0.373 e. The lowest BCUT2D eigenvalue weighted by Gasteiger charge is -2.27. The topological polar surface area (TPSA) is 20.2 Å². The van der Waals surface area contributed by atoms with Crippen molar-refractivity contribution in [3.05, 3.63) is 48.0 Å². The maximum Gasteiger partial charge on any atom is 0.425 e. The van der Waals surface area contributed by atoms with Crippen LogP contribution in [0, 0.1) is 0 Å². The molecule has 0 aliphatic carbocycles. The summed E-state index contributed by atoms with van der Waals surface area (Å²) in [6, 6.07) is 7.12. The molecule has 1 aromatic rings. The van der Waals surface area contributed by atoms with E-state index >= 15 is 0 Å². The Labute approximate surface area is 105 Å². The molecule has 1 nitrogen and oxygen atoms in total. The smallest absolute Gasteiger partial charge is 0.373 e. The summed E-state index contributed by atoms with van der Waals surface area (Å²) >= 11 is 0. The van der Waals surface area contributed by atoms with Crippen LogP contribution in [0.5, 0.6) is 0 Å². The highest BCUT2D eigenvalue weighted by Gasteiger charge is 2.53. The van der Waals surface area contributed by atoms with Gasteiger partial charge in [-0.2, -0.15) is 13.2 Å². The largest absolute Gasteiger partial charge is 0.425 e. The Morgan fingerprint density at radius 2 is 1.78 bits per heavy atom. The third kappa shape index (κ3) is 3.35. The average molecular weight is 258 g/mol. The van der Waals surface area contributed by atoms with Gasteiger partial charge in [0.05, 0.1) is 0 Å². The Kier molecular flexibility index (Phi) is 4.96. The van der Waals surface area contributed by atoms with E-state index in [0.717, 1.165) is 18.9 Å². The molecule has 0 saturated heterocycles. The van der Waals surface area contributed by atoms with Crippen molar-refractivity contribution in [2.24, 2.45) is 0 Å². The predicted molar refractivity (Wildman–Crippen MR) is 65.1 cm³/mol. The van der Waals surface area contributed by atoms with Crippen LogP contribution in [-0.2, 0) is 5.60 Å². The fourth-order valence-corrected chi connectivity index (χ4v) is 1.62. The third-order valence-electron chi connectivity index (χ3n) is 2.73. The number of benzene rings is 1. The first-order valence-electron chi connectivity index (χ1n) is 5.94. The van der Waals surface area contributed by atoms with E-state index in [1.165, 1.54) is 30.3 Å². The van der Waals surface area contributed by atoms with Gasteiger partial charge in [0.15, 0.2) is 0 Å². The maximum atomic E-state index is 13.0. The van der Waals surface area contributed by atoms with E-state index in [2.05, 4.69) is 0 Å². The summed E-state index contributed by atoms with van der Waals surface area (Å²) in [6.07, 6.45) is -0.250. The summed E-state index contributed by atoms with van der Waals surface area (Å²) < 4.78 is 39.0. The molecule has 1 aromatic carbocycles. The van der Waals surface area contributed by atoms with Crippen LogP contribution in [-0.4, -0.2) is 11.3 Å². The summed E-state index contributed by atoms with van der Waals surface area (Å²) in [7, 11) is 0. The normalized spacial score (nSPS) is 15.8. The minimum absolute atomic E-state index is 0.162. The fraction of sp³-hybridized carbons (Fsp3) is 0.429. The minimum atomic E-state index is -4.73. The molecule has 0 saturated carbocycles. The van der Waals surface area contributed by atoms with Gasteiger partial charge in [-0.05, 0) is 18.1 Å². The second-order valence-corrected chi connectivity index (χ2v) is 4.17. The highest BCUT2D eigenvalue weighted by molar-refractivity contribution is 5.29. The first-order chi connectivity index (χ1) is 8.42. The van der Waals surface area contributed by atoms with Crippen molar-refractivity contribution in [2.45, 2.75) is 38.0 Å². The number of allylic oxidation sites excluding steroid dienone is 1. The zero-order valence-electron chi connectivity index (χ0n) is 10.2. The molecule has 1 rings (SSSR count). The van der Waals surface area contributed by atoms with Crippen molar-refractivity contribution >= 4 is 0 Å². The third-order valence-corrected chi connectivity index (χ3v) is 2.73. The summed E-state index contributed by atoms with van der Waals surface area (Å²) in [5.41, 5.74) is -3.06. The van der Waals surface area contributed by atoms with Gasteiger partial charge in [-0.25, -0.2) is 0 Å². The van der Waals surface area contributed by atoms with Gasteiger partial charge < -0.3 is 5.11 Å². The van der Waals surface area contributed by atoms with Gasteiger partial charge in [0.2, 0.25) is 5.60 Å². The van der Waals surface area contributed by atoms with Gasteiger partial charge >= 0.3 is 6.18 Å². The molecule has 0 radical (unpaired) electrons. The van der Waals surface area contributed by atoms with Crippen molar-refractivity contribution < 1.29 is 18.3 Å². The van der Waals surface area contributed by atoms with Crippen molar-refractivity contribution in [3.8, 4) is 0 Å². The monoisotopic (exact) mass is 258 g/mol. The molecule has 0 bridgehead atoms. The maximum absolute atomic E-state index is 13.0. The molecule has 0 aliphatic heterocycles. The fourth-order valence-electron chi connectivity index (χ4n) is 1.62. The summed E-state index contributed by atoms with van der Waals surface area (Å²) in [5.74, 6) is 0. The molecule has 0 amide bonds. The molecule has 0 fully saturated rings. The lowest BCUT2D eigenvalue weighted by Crippen LogP contribution is -2.40. The Balaban J connectivity index is 3.01. The lowest BCUT2D eigenvalue weighted by atomic mass is 9.92. The van der Waals surface area contributed by atoms with E-state index in [9.17, 15) is 18.3 Å². The first-order valence-corrected chi connectivity index (χ1v) is 5.94. The van der Waals surface area contributed by atoms with Crippen molar-refractivity contribution in [3.63, 3.8) is 0 Å². The molecule has 0 aromatic heterocycles. The van der Waals surface area contributed by atoms with Crippen LogP contribution < -0.4 is 0 Å². The van der Waals surface area contributed by atoms with E-state index in [0.29, 0.717) is 6.42 Å². The molecule has 4 heteroatoms. The molecule has 0 spiro atoms. The molecule has 1 N–H and O–H groups in total. The van der Waals surface area contributed by atoms with E-state index in [1.54, 1.807) is 6.07 Å². The SMILES string of the molecule is CCCC/C=C/[C@](O)(c1ccccc1)C(F)(F)F. The number of alkyl halides is 3. The van der Waals surface area contributed by atoms with Gasteiger partial charge in [-0.1, -0.05) is 56.2 Å². The highest BCUT2D eigenvalue weighted by atomic mass is 19.4. The van der Waals surface area contributed by atoms with Crippen LogP contribution in [0.2, 0.25) is 0 Å². The number of hydrogen-bond donors (Lipinski definition) is 1. The van der Waals surface area contributed by atoms with E-state index in [4.69, 9.17) is 0 Å². The predicted octanol–water partition coefficient (Wildman–Crippen LogP) is 4.18. The van der Waals surface area contributed by atoms with Gasteiger partial charge in [0, 0.05) is 0 Å². The molecular weight excluding hydrogens is 241 g/mol. The van der Waals surface area contributed by atoms with Gasteiger partial charge in [-0.15, -0.1) is 0 Å². The van der Waals surface area contributed by atoms with Gasteiger partial charge in [-0.3, -0.25) is 0 Å². The van der Waals surface area contributed by atoms with Gasteiger partial charge in [0.1, 0.15) is 0 Å². The van der Waals surface area contributed by atoms with E-state index in [1.807, 2.05) is 6.92 Å². The quantitative estimate of drug-likeness (QED) is 0.620. The second-order valence-electron chi connectivity index (χ2n) is 4.17. The zero-order valence-corrected chi connectivity index (χ0v) is 10.2. The molecule has 0 heterocycles. The number of aliphatic hydroxyl groups is 1. The second kappa shape index (κ2) is 6.05. The molecule has 100 valence electrons. The summed E-state index contributed by atoms with van der Waals surface area (Å²) in [4.78, 5) is 0. The van der Waals surface area contributed by atoms with Crippen LogP contribution >= 0.6 is 0 Å². The molecular formula is C14H17F3O. The van der Waals surface area contributed by atoms with Crippen LogP contribution in [0.3, 0.4) is 0 Å². The van der Waals surface area contributed by atoms with Crippen LogP contribution in [0.25, 0.3) is 0 Å². The Hall–Kier alpha value is -1.29. The number of hydrogen-bond acceptors (Lipinski definition) is 1. The highest BCUT2D eigenvalue weighted by Crippen LogP contribution is 2.40. The van der Waals surface area contributed by atoms with E-state index in [-0.39, 0.29) is 5.56 Å². The van der Waals surface area contributed by atoms with E-state index < -0.39 is 11.8 Å². The Morgan fingerprint density at radius 3 is 2.28 bits per heavy atom. The summed E-state index contributed by atoms with van der Waals surface area (Å²) in [5, 5.41) is 9.91. The van der Waals surface area contributed by atoms with Crippen molar-refractivity contribution in [2.75, 3.05) is 0 Å². The number of rotatable bonds is 5. The van der Waals surface area contributed by atoms with Gasteiger partial charge in [0.25, 0.3) is 0 Å². The zero-order chi connectivity index (χ0) is 13.6. The Morgan fingerprint density at radius 1 is 1.17 bits per heavy atom. The standard InChI is InChI=1S/C14H17F3O/c1-2-3-4-8-11-13(18,14(15,16)17)12-9-6-5-7-10-12/h5-11,18H,2-4H2,1H3/b11-8+/t13-/m0/s1. The molecule has 0 unspecified atom stereocenters. The first kappa shape index (κ1) is 14.8. The van der Waals surface area contributed by atoms with Crippen molar-refractivity contribution in [1.82, 2.24) is 0 Å². The van der Waals surface area contributed by atoms with Crippen molar-refractivity contribution in [1.29, 1.82) is 0 Å². The lowest BCUT2D eigenvalue weighted by molar-refractivity contribution is -0.245. The van der Waals surface area contributed by atoms with Crippen LogP contribution in [0.15, 0.2) is 42.5 Å². The number of halogens is 3. The Bertz CT molecular complexity index is 384. The number of unbranched alkanes of at least 4 members (excludes halogenated alkanes) is 2. The average Bonchev–Trinajstić information content (AvgIpc) is 2.34. The molecule has 1 atom stereocenters.